The van der Waals surface area contributed by atoms with Gasteiger partial charge in [0.2, 0.25) is 0 Å². The van der Waals surface area contributed by atoms with Gasteiger partial charge in [0, 0.05) is 20.2 Å². The molecule has 29 heavy (non-hydrogen) atoms. The van der Waals surface area contributed by atoms with E-state index in [-0.39, 0.29) is 32.4 Å². The number of halogens is 5. The quantitative estimate of drug-likeness (QED) is 0.458. The van der Waals surface area contributed by atoms with Gasteiger partial charge in [-0.3, -0.25) is 9.36 Å². The van der Waals surface area contributed by atoms with Crippen LogP contribution in [-0.2, 0) is 13.2 Å². The Morgan fingerprint density at radius 1 is 1.34 bits per heavy atom. The summed E-state index contributed by atoms with van der Waals surface area (Å²) in [6, 6.07) is 1.07. The highest BCUT2D eigenvalue weighted by molar-refractivity contribution is 7.22. The van der Waals surface area contributed by atoms with Crippen molar-refractivity contribution in [1.29, 1.82) is 0 Å². The topological polar surface area (TPSA) is 60.1 Å². The average Bonchev–Trinajstić information content (AvgIpc) is 3.06. The van der Waals surface area contributed by atoms with Gasteiger partial charge in [-0.15, -0.1) is 6.42 Å². The Labute approximate surface area is 169 Å². The minimum Gasteiger partial charge on any atom is -0.340 e. The van der Waals surface area contributed by atoms with Crippen molar-refractivity contribution in [1.82, 2.24) is 14.1 Å². The number of fused-ring (bicyclic) bond motifs is 1. The van der Waals surface area contributed by atoms with E-state index in [1.165, 1.54) is 0 Å². The zero-order valence-corrected chi connectivity index (χ0v) is 16.4. The van der Waals surface area contributed by atoms with Gasteiger partial charge < -0.3 is 4.90 Å². The summed E-state index contributed by atoms with van der Waals surface area (Å²) in [4.78, 5) is 30.7. The third-order valence-electron chi connectivity index (χ3n) is 4.03. The first-order valence-corrected chi connectivity index (χ1v) is 9.00. The molecule has 3 rings (SSSR count). The number of terminal acetylenes is 1. The van der Waals surface area contributed by atoms with Gasteiger partial charge in [-0.1, -0.05) is 28.9 Å². The minimum absolute atomic E-state index is 0.0211. The van der Waals surface area contributed by atoms with Gasteiger partial charge in [-0.25, -0.2) is 18.7 Å². The second kappa shape index (κ2) is 7.20. The van der Waals surface area contributed by atoms with Crippen molar-refractivity contribution in [2.24, 2.45) is 7.05 Å². The first-order valence-electron chi connectivity index (χ1n) is 7.81. The molecular weight excluding hydrogens is 436 g/mol. The van der Waals surface area contributed by atoms with E-state index in [9.17, 15) is 27.2 Å². The van der Waals surface area contributed by atoms with Crippen molar-refractivity contribution in [3.05, 3.63) is 49.5 Å². The zero-order valence-electron chi connectivity index (χ0n) is 14.8. The molecule has 0 fully saturated rings. The molecule has 0 saturated carbocycles. The standard InChI is InChI=1S/C17H11ClF4N4O2S/c1-4-5-24(2)15-23-12-8(18)6-9(19)13(14(12)29-15)26-11(27)7-10(17(20,21)22)25(3)16(26)28/h1,6-7H,5H2,2-3H3. The lowest BCUT2D eigenvalue weighted by Crippen LogP contribution is -2.41. The van der Waals surface area contributed by atoms with Crippen LogP contribution in [0.2, 0.25) is 5.02 Å². The number of thiazole rings is 1. The normalized spacial score (nSPS) is 11.7. The molecule has 0 N–H and O–H groups in total. The molecule has 2 heterocycles. The lowest BCUT2D eigenvalue weighted by molar-refractivity contribution is -0.144. The molecule has 0 radical (unpaired) electrons. The molecule has 0 aliphatic heterocycles. The van der Waals surface area contributed by atoms with Crippen LogP contribution in [-0.4, -0.2) is 27.7 Å². The fraction of sp³-hybridized carbons (Fsp3) is 0.235. The molecule has 0 atom stereocenters. The summed E-state index contributed by atoms with van der Waals surface area (Å²) < 4.78 is 54.5. The van der Waals surface area contributed by atoms with Crippen LogP contribution in [0.4, 0.5) is 22.7 Å². The van der Waals surface area contributed by atoms with E-state index in [4.69, 9.17) is 18.0 Å². The van der Waals surface area contributed by atoms with Gasteiger partial charge >= 0.3 is 11.9 Å². The van der Waals surface area contributed by atoms with E-state index in [0.717, 1.165) is 24.5 Å². The molecule has 0 bridgehead atoms. The smallest absolute Gasteiger partial charge is 0.340 e. The molecule has 6 nitrogen and oxygen atoms in total. The monoisotopic (exact) mass is 446 g/mol. The molecule has 3 aromatic rings. The van der Waals surface area contributed by atoms with Crippen LogP contribution in [0.1, 0.15) is 5.69 Å². The molecule has 12 heteroatoms. The maximum Gasteiger partial charge on any atom is 0.431 e. The van der Waals surface area contributed by atoms with E-state index in [1.807, 2.05) is 0 Å². The van der Waals surface area contributed by atoms with Gasteiger partial charge in [0.25, 0.3) is 5.56 Å². The number of rotatable bonds is 3. The highest BCUT2D eigenvalue weighted by Crippen LogP contribution is 2.37. The SMILES string of the molecule is C#CCN(C)c1nc2c(Cl)cc(F)c(-n3c(=O)cc(C(F)(F)F)n(C)c3=O)c2s1. The Bertz CT molecular complexity index is 1290. The second-order valence-corrected chi connectivity index (χ2v) is 7.35. The molecule has 0 amide bonds. The maximum absolute atomic E-state index is 14.8. The lowest BCUT2D eigenvalue weighted by atomic mass is 10.2. The van der Waals surface area contributed by atoms with Crippen LogP contribution in [0.3, 0.4) is 0 Å². The summed E-state index contributed by atoms with van der Waals surface area (Å²) in [5.41, 5.74) is -4.59. The fourth-order valence-corrected chi connectivity index (χ4v) is 4.03. The molecule has 0 spiro atoms. The lowest BCUT2D eigenvalue weighted by Gasteiger charge is -2.14. The summed E-state index contributed by atoms with van der Waals surface area (Å²) in [5, 5.41) is 0.234. The molecule has 0 saturated heterocycles. The first-order chi connectivity index (χ1) is 13.5. The number of aromatic nitrogens is 3. The van der Waals surface area contributed by atoms with Crippen molar-refractivity contribution in [2.45, 2.75) is 6.18 Å². The van der Waals surface area contributed by atoms with Crippen molar-refractivity contribution < 1.29 is 17.6 Å². The summed E-state index contributed by atoms with van der Waals surface area (Å²) in [6.07, 6.45) is 0.324. The Hall–Kier alpha value is -2.84. The predicted molar refractivity (Wildman–Crippen MR) is 103 cm³/mol. The molecule has 0 unspecified atom stereocenters. The summed E-state index contributed by atoms with van der Waals surface area (Å²) in [7, 11) is 2.45. The van der Waals surface area contributed by atoms with Crippen molar-refractivity contribution in [3.63, 3.8) is 0 Å². The number of hydrogen-bond donors (Lipinski definition) is 0. The molecule has 0 aliphatic carbocycles. The number of nitrogens with zero attached hydrogens (tertiary/aromatic N) is 4. The number of alkyl halides is 3. The van der Waals surface area contributed by atoms with Crippen LogP contribution < -0.4 is 16.1 Å². The van der Waals surface area contributed by atoms with Gasteiger partial charge in [-0.05, 0) is 6.07 Å². The van der Waals surface area contributed by atoms with Gasteiger partial charge in [0.05, 0.1) is 16.3 Å². The van der Waals surface area contributed by atoms with E-state index in [0.29, 0.717) is 9.70 Å². The molecule has 152 valence electrons. The number of hydrogen-bond acceptors (Lipinski definition) is 5. The Kier molecular flexibility index (Phi) is 5.19. The first kappa shape index (κ1) is 20.9. The fourth-order valence-electron chi connectivity index (χ4n) is 2.67. The average molecular weight is 447 g/mol. The molecule has 1 aromatic carbocycles. The van der Waals surface area contributed by atoms with Crippen molar-refractivity contribution in [2.75, 3.05) is 18.5 Å². The Morgan fingerprint density at radius 2 is 2.00 bits per heavy atom. The summed E-state index contributed by atoms with van der Waals surface area (Å²) in [5.74, 6) is 1.34. The summed E-state index contributed by atoms with van der Waals surface area (Å²) in [6.45, 7) is 0.164. The second-order valence-electron chi connectivity index (χ2n) is 5.97. The third kappa shape index (κ3) is 3.49. The van der Waals surface area contributed by atoms with Gasteiger partial charge in [0.15, 0.2) is 10.9 Å². The Morgan fingerprint density at radius 3 is 2.59 bits per heavy atom. The highest BCUT2D eigenvalue weighted by Gasteiger charge is 2.35. The largest absolute Gasteiger partial charge is 0.431 e. The van der Waals surface area contributed by atoms with Crippen LogP contribution in [0.25, 0.3) is 15.9 Å². The third-order valence-corrected chi connectivity index (χ3v) is 5.49. The van der Waals surface area contributed by atoms with Gasteiger partial charge in [-0.2, -0.15) is 13.2 Å². The maximum atomic E-state index is 14.8. The predicted octanol–water partition coefficient (Wildman–Crippen LogP) is 3.03. The number of anilines is 1. The van der Waals surface area contributed by atoms with Crippen LogP contribution >= 0.6 is 22.9 Å². The van der Waals surface area contributed by atoms with Crippen LogP contribution in [0, 0.1) is 18.2 Å². The van der Waals surface area contributed by atoms with Crippen LogP contribution in [0.15, 0.2) is 21.7 Å². The van der Waals surface area contributed by atoms with E-state index in [2.05, 4.69) is 10.9 Å². The highest BCUT2D eigenvalue weighted by atomic mass is 35.5. The minimum atomic E-state index is -4.93. The van der Waals surface area contributed by atoms with Crippen LogP contribution in [0.5, 0.6) is 0 Å². The Balaban J connectivity index is 2.40. The number of benzene rings is 1. The molecule has 2 aromatic heterocycles. The summed E-state index contributed by atoms with van der Waals surface area (Å²) >= 11 is 6.93. The van der Waals surface area contributed by atoms with Gasteiger partial charge in [0.1, 0.15) is 16.9 Å². The van der Waals surface area contributed by atoms with Crippen molar-refractivity contribution in [3.8, 4) is 18.0 Å². The molecular formula is C17H11ClF4N4O2S. The van der Waals surface area contributed by atoms with Crippen molar-refractivity contribution >= 4 is 38.3 Å². The van der Waals surface area contributed by atoms with E-state index in [1.54, 1.807) is 11.9 Å². The van der Waals surface area contributed by atoms with E-state index >= 15 is 0 Å². The molecule has 0 aliphatic rings. The van der Waals surface area contributed by atoms with E-state index < -0.39 is 34.6 Å². The zero-order chi connectivity index (χ0) is 21.7.